The number of carbonyl (C=O) groups excluding carboxylic acids is 2. The Morgan fingerprint density at radius 2 is 1.76 bits per heavy atom. The average molecular weight is 572 g/mol. The summed E-state index contributed by atoms with van der Waals surface area (Å²) in [7, 11) is 1.51. The maximum atomic E-state index is 12.3. The third kappa shape index (κ3) is 7.20. The Labute approximate surface area is 211 Å². The second-order valence-corrected chi connectivity index (χ2v) is 8.54. The third-order valence-electron chi connectivity index (χ3n) is 4.71. The van der Waals surface area contributed by atoms with Crippen molar-refractivity contribution in [1.82, 2.24) is 5.43 Å². The first kappa shape index (κ1) is 25.0. The van der Waals surface area contributed by atoms with Crippen LogP contribution in [0.4, 0.5) is 16.2 Å². The van der Waals surface area contributed by atoms with Gasteiger partial charge in [0.2, 0.25) is 0 Å². The number of anilines is 2. The number of urea groups is 1. The number of ether oxygens (including phenoxy) is 2. The molecule has 0 aliphatic carbocycles. The minimum atomic E-state index is -0.452. The molecule has 176 valence electrons. The number of hydrazone groups is 1. The molecule has 8 nitrogen and oxygen atoms in total. The van der Waals surface area contributed by atoms with Crippen LogP contribution < -0.4 is 25.5 Å². The predicted molar refractivity (Wildman–Crippen MR) is 142 cm³/mol. The third-order valence-corrected chi connectivity index (χ3v) is 5.51. The fraction of sp³-hybridized carbons (Fsp3) is 0.160. The molecule has 0 heterocycles. The first-order valence-corrected chi connectivity index (χ1v) is 11.5. The van der Waals surface area contributed by atoms with E-state index in [-0.39, 0.29) is 12.5 Å². The molecular formula is C25H25IN4O4. The molecule has 0 aliphatic rings. The van der Waals surface area contributed by atoms with Gasteiger partial charge in [-0.2, -0.15) is 5.10 Å². The Hall–Kier alpha value is -3.60. The Balaban J connectivity index is 1.59. The molecule has 3 rings (SSSR count). The topological polar surface area (TPSA) is 101 Å². The summed E-state index contributed by atoms with van der Waals surface area (Å²) < 4.78 is 11.9. The van der Waals surface area contributed by atoms with E-state index in [0.29, 0.717) is 28.4 Å². The average Bonchev–Trinajstić information content (AvgIpc) is 2.81. The molecule has 0 saturated heterocycles. The number of hydrogen-bond donors (Lipinski definition) is 3. The van der Waals surface area contributed by atoms with Crippen LogP contribution in [0.5, 0.6) is 11.5 Å². The van der Waals surface area contributed by atoms with Gasteiger partial charge in [-0.1, -0.05) is 35.9 Å². The summed E-state index contributed by atoms with van der Waals surface area (Å²) >= 11 is 2.09. The summed E-state index contributed by atoms with van der Waals surface area (Å²) in [5.41, 5.74) is 6.59. The zero-order chi connectivity index (χ0) is 24.5. The van der Waals surface area contributed by atoms with Gasteiger partial charge in [0.25, 0.3) is 5.91 Å². The van der Waals surface area contributed by atoms with Crippen LogP contribution in [0, 0.1) is 17.4 Å². The molecule has 0 unspecified atom stereocenters. The molecule has 0 saturated carbocycles. The lowest BCUT2D eigenvalue weighted by Crippen LogP contribution is -2.24. The minimum Gasteiger partial charge on any atom is -0.493 e. The molecule has 34 heavy (non-hydrogen) atoms. The Kier molecular flexibility index (Phi) is 8.86. The molecule has 3 aromatic rings. The van der Waals surface area contributed by atoms with Crippen molar-refractivity contribution < 1.29 is 19.1 Å². The van der Waals surface area contributed by atoms with Crippen molar-refractivity contribution >= 4 is 52.1 Å². The molecule has 0 spiro atoms. The summed E-state index contributed by atoms with van der Waals surface area (Å²) in [5.74, 6) is 0.613. The molecule has 0 aliphatic heterocycles. The maximum Gasteiger partial charge on any atom is 0.339 e. The van der Waals surface area contributed by atoms with Crippen molar-refractivity contribution in [2.75, 3.05) is 24.4 Å². The number of halogens is 1. The molecular weight excluding hydrogens is 547 g/mol. The zero-order valence-corrected chi connectivity index (χ0v) is 21.2. The molecule has 0 fully saturated rings. The second-order valence-electron chi connectivity index (χ2n) is 7.38. The highest BCUT2D eigenvalue weighted by molar-refractivity contribution is 14.1. The van der Waals surface area contributed by atoms with Crippen molar-refractivity contribution in [3.8, 4) is 11.5 Å². The number of methoxy groups -OCH3 is 1. The quantitative estimate of drug-likeness (QED) is 0.199. The summed E-state index contributed by atoms with van der Waals surface area (Å²) in [5, 5.41) is 9.52. The van der Waals surface area contributed by atoms with E-state index in [2.05, 4.69) is 43.8 Å². The first-order valence-electron chi connectivity index (χ1n) is 10.4. The lowest BCUT2D eigenvalue weighted by atomic mass is 10.2. The van der Waals surface area contributed by atoms with Crippen LogP contribution in [-0.2, 0) is 4.79 Å². The van der Waals surface area contributed by atoms with E-state index in [9.17, 15) is 9.59 Å². The van der Waals surface area contributed by atoms with Gasteiger partial charge in [-0.05, 0) is 77.9 Å². The highest BCUT2D eigenvalue weighted by Crippen LogP contribution is 2.33. The largest absolute Gasteiger partial charge is 0.493 e. The number of amides is 3. The van der Waals surface area contributed by atoms with E-state index < -0.39 is 6.03 Å². The van der Waals surface area contributed by atoms with Crippen molar-refractivity contribution in [3.63, 3.8) is 0 Å². The van der Waals surface area contributed by atoms with Crippen LogP contribution in [0.3, 0.4) is 0 Å². The van der Waals surface area contributed by atoms with E-state index in [1.807, 2.05) is 62.4 Å². The number of rotatable bonds is 8. The summed E-state index contributed by atoms with van der Waals surface area (Å²) in [6.07, 6.45) is 1.50. The molecule has 3 amide bonds. The normalized spacial score (nSPS) is 10.6. The standard InChI is InChI=1S/C25H25IN4O4/c1-16-8-10-19(11-9-16)28-23(31)15-34-24-20(26)12-18(13-22(24)33-3)14-27-30-25(32)29-21-7-5-4-6-17(21)2/h4-14H,15H2,1-3H3,(H,28,31)(H2,29,30,32). The smallest absolute Gasteiger partial charge is 0.339 e. The zero-order valence-electron chi connectivity index (χ0n) is 19.0. The molecule has 0 atom stereocenters. The Morgan fingerprint density at radius 3 is 2.47 bits per heavy atom. The van der Waals surface area contributed by atoms with Crippen LogP contribution in [-0.4, -0.2) is 31.9 Å². The SMILES string of the molecule is COc1cc(C=NNC(=O)Nc2ccccc2C)cc(I)c1OCC(=O)Nc1ccc(C)cc1. The van der Waals surface area contributed by atoms with Gasteiger partial charge in [0, 0.05) is 11.4 Å². The highest BCUT2D eigenvalue weighted by Gasteiger charge is 2.13. The number of aryl methyl sites for hydroxylation is 2. The number of carbonyl (C=O) groups is 2. The molecule has 0 radical (unpaired) electrons. The van der Waals surface area contributed by atoms with Gasteiger partial charge in [0.15, 0.2) is 18.1 Å². The van der Waals surface area contributed by atoms with Gasteiger partial charge in [0.05, 0.1) is 16.9 Å². The number of para-hydroxylation sites is 1. The van der Waals surface area contributed by atoms with Crippen molar-refractivity contribution in [3.05, 3.63) is 80.9 Å². The van der Waals surface area contributed by atoms with Gasteiger partial charge in [-0.15, -0.1) is 0 Å². The van der Waals surface area contributed by atoms with E-state index >= 15 is 0 Å². The number of hydrogen-bond acceptors (Lipinski definition) is 5. The maximum absolute atomic E-state index is 12.3. The van der Waals surface area contributed by atoms with E-state index in [1.54, 1.807) is 12.1 Å². The van der Waals surface area contributed by atoms with Crippen LogP contribution in [0.1, 0.15) is 16.7 Å². The molecule has 3 aromatic carbocycles. The van der Waals surface area contributed by atoms with Gasteiger partial charge in [0.1, 0.15) is 0 Å². The monoisotopic (exact) mass is 572 g/mol. The fourth-order valence-corrected chi connectivity index (χ4v) is 3.74. The van der Waals surface area contributed by atoms with Crippen LogP contribution in [0.2, 0.25) is 0 Å². The first-order chi connectivity index (χ1) is 16.4. The summed E-state index contributed by atoms with van der Waals surface area (Å²) in [4.78, 5) is 24.3. The summed E-state index contributed by atoms with van der Waals surface area (Å²) in [6.45, 7) is 3.71. The van der Waals surface area contributed by atoms with Gasteiger partial charge in [-0.25, -0.2) is 10.2 Å². The van der Waals surface area contributed by atoms with Crippen molar-refractivity contribution in [2.45, 2.75) is 13.8 Å². The van der Waals surface area contributed by atoms with Gasteiger partial charge >= 0.3 is 6.03 Å². The van der Waals surface area contributed by atoms with Crippen molar-refractivity contribution in [2.24, 2.45) is 5.10 Å². The Bertz CT molecular complexity index is 1200. The lowest BCUT2D eigenvalue weighted by Gasteiger charge is -2.13. The minimum absolute atomic E-state index is 0.172. The molecule has 0 aromatic heterocycles. The predicted octanol–water partition coefficient (Wildman–Crippen LogP) is 5.09. The van der Waals surface area contributed by atoms with E-state index in [1.165, 1.54) is 13.3 Å². The number of benzene rings is 3. The van der Waals surface area contributed by atoms with Crippen LogP contribution in [0.15, 0.2) is 65.8 Å². The highest BCUT2D eigenvalue weighted by atomic mass is 127. The van der Waals surface area contributed by atoms with Crippen LogP contribution >= 0.6 is 22.6 Å². The van der Waals surface area contributed by atoms with Crippen LogP contribution in [0.25, 0.3) is 0 Å². The molecule has 0 bridgehead atoms. The van der Waals surface area contributed by atoms with Gasteiger partial charge in [-0.3, -0.25) is 4.79 Å². The lowest BCUT2D eigenvalue weighted by molar-refractivity contribution is -0.118. The second kappa shape index (κ2) is 12.0. The molecule has 9 heteroatoms. The van der Waals surface area contributed by atoms with Gasteiger partial charge < -0.3 is 20.1 Å². The van der Waals surface area contributed by atoms with E-state index in [0.717, 1.165) is 14.7 Å². The fourth-order valence-electron chi connectivity index (χ4n) is 2.95. The van der Waals surface area contributed by atoms with E-state index in [4.69, 9.17) is 9.47 Å². The summed E-state index contributed by atoms with van der Waals surface area (Å²) in [6, 6.07) is 18.0. The number of nitrogens with one attached hydrogen (secondary N) is 3. The Morgan fingerprint density at radius 1 is 1.03 bits per heavy atom. The molecule has 3 N–H and O–H groups in total. The van der Waals surface area contributed by atoms with Crippen molar-refractivity contribution in [1.29, 1.82) is 0 Å². The number of nitrogens with zero attached hydrogens (tertiary/aromatic N) is 1.